The van der Waals surface area contributed by atoms with Gasteiger partial charge in [-0.1, -0.05) is 29.8 Å². The van der Waals surface area contributed by atoms with Gasteiger partial charge in [0.25, 0.3) is 0 Å². The minimum absolute atomic E-state index is 0.169. The first-order valence-electron chi connectivity index (χ1n) is 6.25. The molecular formula is C14H19BrFN. The highest BCUT2D eigenvalue weighted by atomic mass is 79.9. The normalized spacial score (nSPS) is 28.6. The summed E-state index contributed by atoms with van der Waals surface area (Å²) in [5.41, 5.74) is 0.997. The Kier molecular flexibility index (Phi) is 4.21. The summed E-state index contributed by atoms with van der Waals surface area (Å²) < 4.78 is 14.1. The van der Waals surface area contributed by atoms with E-state index in [0.29, 0.717) is 12.0 Å². The molecule has 0 aliphatic heterocycles. The fraction of sp³-hybridized carbons (Fsp3) is 0.571. The van der Waals surface area contributed by atoms with Crippen molar-refractivity contribution in [1.29, 1.82) is 0 Å². The third kappa shape index (κ3) is 3.08. The molecule has 0 radical (unpaired) electrons. The lowest BCUT2D eigenvalue weighted by molar-refractivity contribution is 0.369. The van der Waals surface area contributed by atoms with Crippen LogP contribution in [0.2, 0.25) is 0 Å². The molecular weight excluding hydrogens is 281 g/mol. The van der Waals surface area contributed by atoms with Crippen LogP contribution in [0.3, 0.4) is 0 Å². The maximum Gasteiger partial charge on any atom is 0.123 e. The molecule has 1 aromatic rings. The standard InChI is InChI=1S/C14H19BrFN/c1-9-3-6-14(10(9)2)17-8-11-7-12(16)4-5-13(11)15/h4-5,7,9-10,14,17H,3,6,8H2,1-2H3. The molecule has 17 heavy (non-hydrogen) atoms. The van der Waals surface area contributed by atoms with Crippen molar-refractivity contribution in [2.75, 3.05) is 0 Å². The van der Waals surface area contributed by atoms with Gasteiger partial charge in [0.2, 0.25) is 0 Å². The van der Waals surface area contributed by atoms with Crippen molar-refractivity contribution >= 4 is 15.9 Å². The maximum absolute atomic E-state index is 13.1. The Morgan fingerprint density at radius 2 is 2.12 bits per heavy atom. The van der Waals surface area contributed by atoms with Crippen molar-refractivity contribution in [2.45, 2.75) is 39.3 Å². The SMILES string of the molecule is CC1CCC(NCc2cc(F)ccc2Br)C1C. The van der Waals surface area contributed by atoms with Crippen LogP contribution in [0.1, 0.15) is 32.3 Å². The Hall–Kier alpha value is -0.410. The van der Waals surface area contributed by atoms with E-state index in [2.05, 4.69) is 35.1 Å². The zero-order chi connectivity index (χ0) is 12.4. The molecule has 1 aromatic carbocycles. The van der Waals surface area contributed by atoms with E-state index >= 15 is 0 Å². The monoisotopic (exact) mass is 299 g/mol. The summed E-state index contributed by atoms with van der Waals surface area (Å²) in [6.45, 7) is 5.35. The lowest BCUT2D eigenvalue weighted by atomic mass is 9.98. The van der Waals surface area contributed by atoms with Crippen LogP contribution in [0.15, 0.2) is 22.7 Å². The fourth-order valence-electron chi connectivity index (χ4n) is 2.57. The summed E-state index contributed by atoms with van der Waals surface area (Å²) in [5, 5.41) is 3.55. The molecule has 1 nitrogen and oxygen atoms in total. The average Bonchev–Trinajstić information content (AvgIpc) is 2.62. The Morgan fingerprint density at radius 1 is 1.35 bits per heavy atom. The lowest BCUT2D eigenvalue weighted by Crippen LogP contribution is -2.32. The van der Waals surface area contributed by atoms with Crippen LogP contribution in [-0.4, -0.2) is 6.04 Å². The average molecular weight is 300 g/mol. The van der Waals surface area contributed by atoms with E-state index in [0.717, 1.165) is 22.5 Å². The van der Waals surface area contributed by atoms with E-state index < -0.39 is 0 Å². The summed E-state index contributed by atoms with van der Waals surface area (Å²) in [6.07, 6.45) is 2.53. The van der Waals surface area contributed by atoms with Gasteiger partial charge < -0.3 is 5.32 Å². The first kappa shape index (κ1) is 13.0. The van der Waals surface area contributed by atoms with Gasteiger partial charge in [-0.25, -0.2) is 4.39 Å². The van der Waals surface area contributed by atoms with E-state index in [4.69, 9.17) is 0 Å². The largest absolute Gasteiger partial charge is 0.310 e. The molecule has 3 unspecified atom stereocenters. The van der Waals surface area contributed by atoms with E-state index in [-0.39, 0.29) is 5.82 Å². The van der Waals surface area contributed by atoms with E-state index in [9.17, 15) is 4.39 Å². The van der Waals surface area contributed by atoms with Crippen LogP contribution in [0.4, 0.5) is 4.39 Å². The molecule has 0 heterocycles. The maximum atomic E-state index is 13.1. The van der Waals surface area contributed by atoms with Crippen molar-refractivity contribution < 1.29 is 4.39 Å². The highest BCUT2D eigenvalue weighted by Crippen LogP contribution is 2.31. The number of hydrogen-bond acceptors (Lipinski definition) is 1. The van der Waals surface area contributed by atoms with Crippen molar-refractivity contribution in [3.63, 3.8) is 0 Å². The fourth-order valence-corrected chi connectivity index (χ4v) is 2.96. The molecule has 94 valence electrons. The molecule has 1 N–H and O–H groups in total. The van der Waals surface area contributed by atoms with Crippen molar-refractivity contribution in [3.05, 3.63) is 34.1 Å². The molecule has 2 rings (SSSR count). The topological polar surface area (TPSA) is 12.0 Å². The van der Waals surface area contributed by atoms with E-state index in [1.54, 1.807) is 12.1 Å². The summed E-state index contributed by atoms with van der Waals surface area (Å²) in [4.78, 5) is 0. The predicted molar refractivity (Wildman–Crippen MR) is 72.3 cm³/mol. The van der Waals surface area contributed by atoms with Gasteiger partial charge in [-0.3, -0.25) is 0 Å². The highest BCUT2D eigenvalue weighted by molar-refractivity contribution is 9.10. The molecule has 3 heteroatoms. The third-order valence-corrected chi connectivity index (χ3v) is 4.80. The second kappa shape index (κ2) is 5.49. The van der Waals surface area contributed by atoms with Gasteiger partial charge in [0.15, 0.2) is 0 Å². The first-order valence-corrected chi connectivity index (χ1v) is 7.04. The Balaban J connectivity index is 1.96. The summed E-state index contributed by atoms with van der Waals surface area (Å²) in [7, 11) is 0. The zero-order valence-corrected chi connectivity index (χ0v) is 11.9. The molecule has 3 atom stereocenters. The van der Waals surface area contributed by atoms with Crippen LogP contribution >= 0.6 is 15.9 Å². The smallest absolute Gasteiger partial charge is 0.123 e. The Labute approximate surface area is 111 Å². The summed E-state index contributed by atoms with van der Waals surface area (Å²) in [6, 6.07) is 5.42. The van der Waals surface area contributed by atoms with Crippen molar-refractivity contribution in [3.8, 4) is 0 Å². The Bertz CT molecular complexity index is 394. The van der Waals surface area contributed by atoms with Gasteiger partial charge in [-0.05, 0) is 48.4 Å². The minimum Gasteiger partial charge on any atom is -0.310 e. The predicted octanol–water partition coefficient (Wildman–Crippen LogP) is 4.11. The van der Waals surface area contributed by atoms with Crippen molar-refractivity contribution in [2.24, 2.45) is 11.8 Å². The molecule has 0 spiro atoms. The van der Waals surface area contributed by atoms with Gasteiger partial charge in [0.1, 0.15) is 5.82 Å². The minimum atomic E-state index is -0.169. The van der Waals surface area contributed by atoms with Gasteiger partial charge in [-0.2, -0.15) is 0 Å². The van der Waals surface area contributed by atoms with Crippen LogP contribution in [0.5, 0.6) is 0 Å². The second-order valence-electron chi connectivity index (χ2n) is 5.14. The molecule has 0 saturated heterocycles. The van der Waals surface area contributed by atoms with Crippen LogP contribution in [0.25, 0.3) is 0 Å². The number of nitrogens with one attached hydrogen (secondary N) is 1. The Morgan fingerprint density at radius 3 is 2.76 bits per heavy atom. The molecule has 0 aromatic heterocycles. The lowest BCUT2D eigenvalue weighted by Gasteiger charge is -2.20. The zero-order valence-electron chi connectivity index (χ0n) is 10.3. The summed E-state index contributed by atoms with van der Waals surface area (Å²) in [5.74, 6) is 1.34. The van der Waals surface area contributed by atoms with Crippen molar-refractivity contribution in [1.82, 2.24) is 5.32 Å². The number of benzene rings is 1. The van der Waals surface area contributed by atoms with Crippen LogP contribution in [-0.2, 0) is 6.54 Å². The van der Waals surface area contributed by atoms with Crippen LogP contribution < -0.4 is 5.32 Å². The molecule has 0 amide bonds. The van der Waals surface area contributed by atoms with Gasteiger partial charge >= 0.3 is 0 Å². The van der Waals surface area contributed by atoms with E-state index in [1.807, 2.05) is 0 Å². The third-order valence-electron chi connectivity index (χ3n) is 4.03. The van der Waals surface area contributed by atoms with E-state index in [1.165, 1.54) is 18.9 Å². The molecule has 1 aliphatic rings. The second-order valence-corrected chi connectivity index (χ2v) is 5.99. The summed E-state index contributed by atoms with van der Waals surface area (Å²) >= 11 is 3.46. The van der Waals surface area contributed by atoms with Crippen LogP contribution in [0, 0.1) is 17.7 Å². The van der Waals surface area contributed by atoms with Gasteiger partial charge in [0.05, 0.1) is 0 Å². The molecule has 1 saturated carbocycles. The van der Waals surface area contributed by atoms with Gasteiger partial charge in [0, 0.05) is 17.1 Å². The number of hydrogen-bond donors (Lipinski definition) is 1. The molecule has 1 fully saturated rings. The molecule has 0 bridgehead atoms. The highest BCUT2D eigenvalue weighted by Gasteiger charge is 2.29. The van der Waals surface area contributed by atoms with Gasteiger partial charge in [-0.15, -0.1) is 0 Å². The quantitative estimate of drug-likeness (QED) is 0.885. The first-order chi connectivity index (χ1) is 8.08. The molecule has 1 aliphatic carbocycles. The number of rotatable bonds is 3. The number of halogens is 2.